The smallest absolute Gasteiger partial charge is 0.149 e. The van der Waals surface area contributed by atoms with Crippen molar-refractivity contribution in [3.05, 3.63) is 149 Å². The summed E-state index contributed by atoms with van der Waals surface area (Å²) in [6.07, 6.45) is 2.73. The van der Waals surface area contributed by atoms with Crippen LogP contribution in [0, 0.1) is 5.41 Å². The monoisotopic (exact) mass is 917 g/mol. The molecule has 0 aliphatic rings. The molecule has 0 radical (unpaired) electrons. The fraction of sp³-hybridized carbons (Fsp3) is 0.339. The molecule has 348 valence electrons. The molecular formula is C62H68N4OS. The van der Waals surface area contributed by atoms with Crippen molar-refractivity contribution >= 4 is 42.7 Å². The highest BCUT2D eigenvalue weighted by Gasteiger charge is 2.30. The topological polar surface area (TPSA) is 63.8 Å². The van der Waals surface area contributed by atoms with Crippen molar-refractivity contribution in [1.29, 1.82) is 0 Å². The van der Waals surface area contributed by atoms with Gasteiger partial charge in [-0.1, -0.05) is 177 Å². The number of hydrogen-bond donors (Lipinski definition) is 1. The maximum Gasteiger partial charge on any atom is 0.149 e. The number of thiophene rings is 1. The quantitative estimate of drug-likeness (QED) is 0.180. The number of imidazole rings is 1. The number of para-hydroxylation sites is 1. The first-order valence-electron chi connectivity index (χ1n) is 24.2. The zero-order chi connectivity index (χ0) is 48.9. The van der Waals surface area contributed by atoms with Crippen LogP contribution in [0.15, 0.2) is 122 Å². The highest BCUT2D eigenvalue weighted by Crippen LogP contribution is 2.47. The lowest BCUT2D eigenvalue weighted by Crippen LogP contribution is -2.17. The van der Waals surface area contributed by atoms with E-state index in [9.17, 15) is 5.11 Å². The Labute approximate surface area is 408 Å². The second kappa shape index (κ2) is 16.5. The summed E-state index contributed by atoms with van der Waals surface area (Å²) in [7, 11) is 0. The molecule has 0 saturated heterocycles. The molecule has 0 aliphatic carbocycles. The van der Waals surface area contributed by atoms with E-state index in [-0.39, 0.29) is 32.8 Å². The first-order chi connectivity index (χ1) is 31.8. The third kappa shape index (κ3) is 8.89. The van der Waals surface area contributed by atoms with Gasteiger partial charge >= 0.3 is 0 Å². The molecule has 0 aliphatic heterocycles. The van der Waals surface area contributed by atoms with Crippen LogP contribution >= 0.6 is 11.3 Å². The molecule has 0 amide bonds. The standard InChI is InChI=1S/C62H68N4OS/c1-58(2,3)35-37-24-26-45-51(28-37)68-56-52(63-36-64-54(45)56)40-29-39(30-42(31-40)60(7,8)9)44-22-19-23-50-53(44)65-57(47-33-43(61(10,11)12)34-48(55(47)67)62(13,14)15)66(50)49-27-25-41(59(4,5)6)32-46(49)38-20-17-16-18-21-38/h16-34,36,67H,35H2,1-15H3. The molecule has 0 bridgehead atoms. The lowest BCUT2D eigenvalue weighted by Gasteiger charge is -2.28. The van der Waals surface area contributed by atoms with Crippen LogP contribution in [0.5, 0.6) is 5.75 Å². The molecule has 5 nitrogen and oxygen atoms in total. The molecule has 0 saturated carbocycles. The third-order valence-corrected chi connectivity index (χ3v) is 14.5. The van der Waals surface area contributed by atoms with Crippen LogP contribution < -0.4 is 0 Å². The van der Waals surface area contributed by atoms with Crippen molar-refractivity contribution < 1.29 is 5.11 Å². The number of benzene rings is 6. The van der Waals surface area contributed by atoms with Crippen LogP contribution in [0.4, 0.5) is 0 Å². The van der Waals surface area contributed by atoms with Crippen molar-refractivity contribution in [2.24, 2.45) is 5.41 Å². The maximum absolute atomic E-state index is 12.6. The van der Waals surface area contributed by atoms with Crippen molar-refractivity contribution in [3.63, 3.8) is 0 Å². The number of aromatic hydroxyl groups is 1. The van der Waals surface area contributed by atoms with Gasteiger partial charge in [-0.25, -0.2) is 15.0 Å². The fourth-order valence-electron chi connectivity index (χ4n) is 9.51. The number of phenols is 1. The van der Waals surface area contributed by atoms with Crippen LogP contribution in [0.3, 0.4) is 0 Å². The van der Waals surface area contributed by atoms with E-state index < -0.39 is 0 Å². The van der Waals surface area contributed by atoms with Gasteiger partial charge in [-0.3, -0.25) is 4.57 Å². The summed E-state index contributed by atoms with van der Waals surface area (Å²) < 4.78 is 4.63. The van der Waals surface area contributed by atoms with E-state index in [0.717, 1.165) is 78.0 Å². The van der Waals surface area contributed by atoms with E-state index in [1.807, 2.05) is 0 Å². The Morgan fingerprint density at radius 3 is 1.85 bits per heavy atom. The van der Waals surface area contributed by atoms with Crippen LogP contribution in [0.2, 0.25) is 0 Å². The van der Waals surface area contributed by atoms with E-state index in [1.165, 1.54) is 26.8 Å². The normalized spacial score (nSPS) is 13.0. The molecule has 3 aromatic heterocycles. The highest BCUT2D eigenvalue weighted by molar-refractivity contribution is 7.26. The molecule has 9 rings (SSSR count). The summed E-state index contributed by atoms with van der Waals surface area (Å²) >= 11 is 1.79. The number of rotatable bonds is 6. The second-order valence-corrected chi connectivity index (χ2v) is 25.4. The van der Waals surface area contributed by atoms with Gasteiger partial charge in [0.15, 0.2) is 0 Å². The molecule has 0 spiro atoms. The van der Waals surface area contributed by atoms with Gasteiger partial charge in [-0.15, -0.1) is 11.3 Å². The lowest BCUT2D eigenvalue weighted by molar-refractivity contribution is 0.411. The first-order valence-corrected chi connectivity index (χ1v) is 25.0. The van der Waals surface area contributed by atoms with E-state index in [2.05, 4.69) is 224 Å². The summed E-state index contributed by atoms with van der Waals surface area (Å²) in [6.45, 7) is 33.7. The third-order valence-electron chi connectivity index (χ3n) is 13.3. The van der Waals surface area contributed by atoms with E-state index in [0.29, 0.717) is 11.4 Å². The molecule has 0 fully saturated rings. The van der Waals surface area contributed by atoms with Crippen LogP contribution in [0.25, 0.3) is 81.9 Å². The SMILES string of the molecule is CC(C)(C)Cc1ccc2c(c1)sc1c(-c3cc(-c4cccc5c4nc(-c4cc(C(C)(C)C)cc(C(C)(C)C)c4O)n5-c4ccc(C(C)(C)C)cc4-c4ccccc4)cc(C(C)(C)C)c3)ncnc12. The van der Waals surface area contributed by atoms with Gasteiger partial charge < -0.3 is 5.11 Å². The minimum atomic E-state index is -0.328. The van der Waals surface area contributed by atoms with Crippen molar-refractivity contribution in [3.8, 4) is 56.3 Å². The van der Waals surface area contributed by atoms with E-state index in [1.54, 1.807) is 17.7 Å². The Morgan fingerprint density at radius 1 is 0.529 bits per heavy atom. The minimum absolute atomic E-state index is 0.0773. The Kier molecular flexibility index (Phi) is 11.4. The number of aromatic nitrogens is 4. The molecule has 68 heavy (non-hydrogen) atoms. The Hall–Kier alpha value is -6.11. The largest absolute Gasteiger partial charge is 0.507 e. The number of phenolic OH excluding ortho intramolecular Hbond substituents is 1. The van der Waals surface area contributed by atoms with Crippen molar-refractivity contribution in [2.75, 3.05) is 0 Å². The second-order valence-electron chi connectivity index (χ2n) is 24.3. The highest BCUT2D eigenvalue weighted by atomic mass is 32.1. The molecule has 9 aromatic rings. The van der Waals surface area contributed by atoms with Gasteiger partial charge in [0.1, 0.15) is 17.9 Å². The van der Waals surface area contributed by atoms with Crippen molar-refractivity contribution in [1.82, 2.24) is 19.5 Å². The van der Waals surface area contributed by atoms with Crippen LogP contribution in [-0.2, 0) is 28.1 Å². The Bertz CT molecular complexity index is 3390. The van der Waals surface area contributed by atoms with Gasteiger partial charge in [0.2, 0.25) is 0 Å². The zero-order valence-corrected chi connectivity index (χ0v) is 43.7. The molecular weight excluding hydrogens is 849 g/mol. The number of fused-ring (bicyclic) bond motifs is 4. The van der Waals surface area contributed by atoms with Gasteiger partial charge in [0.05, 0.1) is 38.2 Å². The van der Waals surface area contributed by atoms with Crippen LogP contribution in [0.1, 0.15) is 132 Å². The van der Waals surface area contributed by atoms with Gasteiger partial charge in [0, 0.05) is 32.3 Å². The fourth-order valence-corrected chi connectivity index (χ4v) is 10.7. The number of nitrogens with zero attached hydrogens (tertiary/aromatic N) is 4. The lowest BCUT2D eigenvalue weighted by atomic mass is 9.79. The summed E-state index contributed by atoms with van der Waals surface area (Å²) in [6, 6.07) is 42.2. The summed E-state index contributed by atoms with van der Waals surface area (Å²) in [5.74, 6) is 0.956. The number of hydrogen-bond acceptors (Lipinski definition) is 5. The van der Waals surface area contributed by atoms with Gasteiger partial charge in [0.25, 0.3) is 0 Å². The zero-order valence-electron chi connectivity index (χ0n) is 42.9. The van der Waals surface area contributed by atoms with Crippen molar-refractivity contribution in [2.45, 2.75) is 132 Å². The first kappa shape index (κ1) is 47.0. The Morgan fingerprint density at radius 2 is 1.19 bits per heavy atom. The minimum Gasteiger partial charge on any atom is -0.507 e. The summed E-state index contributed by atoms with van der Waals surface area (Å²) in [5.41, 5.74) is 16.0. The Balaban J connectivity index is 1.35. The molecule has 0 atom stereocenters. The molecule has 6 aromatic carbocycles. The summed E-state index contributed by atoms with van der Waals surface area (Å²) in [5, 5.41) is 13.8. The predicted molar refractivity (Wildman–Crippen MR) is 291 cm³/mol. The predicted octanol–water partition coefficient (Wildman–Crippen LogP) is 17.3. The molecule has 6 heteroatoms. The van der Waals surface area contributed by atoms with E-state index >= 15 is 0 Å². The summed E-state index contributed by atoms with van der Waals surface area (Å²) in [4.78, 5) is 15.7. The van der Waals surface area contributed by atoms with E-state index in [4.69, 9.17) is 15.0 Å². The molecule has 3 heterocycles. The average molecular weight is 917 g/mol. The van der Waals surface area contributed by atoms with Gasteiger partial charge in [-0.2, -0.15) is 0 Å². The maximum atomic E-state index is 12.6. The molecule has 0 unspecified atom stereocenters. The molecule has 1 N–H and O–H groups in total. The average Bonchev–Trinajstić information content (AvgIpc) is 3.83. The van der Waals surface area contributed by atoms with Gasteiger partial charge in [-0.05, 0) is 109 Å². The van der Waals surface area contributed by atoms with Crippen LogP contribution in [-0.4, -0.2) is 24.6 Å².